The van der Waals surface area contributed by atoms with Gasteiger partial charge in [0.25, 0.3) is 0 Å². The van der Waals surface area contributed by atoms with Crippen LogP contribution in [0.25, 0.3) is 0 Å². The van der Waals surface area contributed by atoms with Gasteiger partial charge in [-0.2, -0.15) is 0 Å². The minimum absolute atomic E-state index is 0.146. The Kier molecular flexibility index (Phi) is 5.70. The number of anilines is 1. The first kappa shape index (κ1) is 17.0. The standard InChI is InChI=1S/C16H13BrFNO4/c17-11-6-5-10(12(18)8-11)7-15(20)19-13-3-1-2-4-14(13)23-9-16(21)22/h1-6,8H,7,9H2,(H,19,20)(H,21,22). The van der Waals surface area contributed by atoms with E-state index in [9.17, 15) is 14.0 Å². The summed E-state index contributed by atoms with van der Waals surface area (Å²) in [6.07, 6.45) is -0.146. The molecule has 0 spiro atoms. The summed E-state index contributed by atoms with van der Waals surface area (Å²) in [5, 5.41) is 11.2. The van der Waals surface area contributed by atoms with E-state index in [1.807, 2.05) is 0 Å². The van der Waals surface area contributed by atoms with Gasteiger partial charge in [0.15, 0.2) is 6.61 Å². The lowest BCUT2D eigenvalue weighted by Gasteiger charge is -2.11. The van der Waals surface area contributed by atoms with E-state index in [1.165, 1.54) is 12.1 Å². The van der Waals surface area contributed by atoms with Gasteiger partial charge in [-0.15, -0.1) is 0 Å². The molecule has 7 heteroatoms. The molecule has 1 amide bonds. The van der Waals surface area contributed by atoms with Crippen LogP contribution in [0.4, 0.5) is 10.1 Å². The molecule has 0 atom stereocenters. The van der Waals surface area contributed by atoms with E-state index in [-0.39, 0.29) is 17.7 Å². The van der Waals surface area contributed by atoms with Crippen molar-refractivity contribution in [2.75, 3.05) is 11.9 Å². The molecule has 0 radical (unpaired) electrons. The molecule has 0 aliphatic heterocycles. The van der Waals surface area contributed by atoms with Gasteiger partial charge >= 0.3 is 5.97 Å². The number of carbonyl (C=O) groups is 2. The molecule has 0 saturated heterocycles. The Morgan fingerprint density at radius 1 is 1.22 bits per heavy atom. The van der Waals surface area contributed by atoms with Crippen LogP contribution in [0.3, 0.4) is 0 Å². The maximum absolute atomic E-state index is 13.7. The van der Waals surface area contributed by atoms with Crippen LogP contribution in [-0.4, -0.2) is 23.6 Å². The maximum Gasteiger partial charge on any atom is 0.341 e. The number of hydrogen-bond acceptors (Lipinski definition) is 3. The van der Waals surface area contributed by atoms with Crippen molar-refractivity contribution >= 4 is 33.5 Å². The molecule has 2 rings (SSSR count). The maximum atomic E-state index is 13.7. The second-order valence-corrected chi connectivity index (χ2v) is 5.55. The number of nitrogens with one attached hydrogen (secondary N) is 1. The van der Waals surface area contributed by atoms with Crippen molar-refractivity contribution in [3.63, 3.8) is 0 Å². The number of carbonyl (C=O) groups excluding carboxylic acids is 1. The Morgan fingerprint density at radius 3 is 2.65 bits per heavy atom. The first-order valence-electron chi connectivity index (χ1n) is 6.63. The summed E-state index contributed by atoms with van der Waals surface area (Å²) in [5.41, 5.74) is 0.589. The van der Waals surface area contributed by atoms with Crippen LogP contribution in [-0.2, 0) is 16.0 Å². The number of benzene rings is 2. The van der Waals surface area contributed by atoms with Gasteiger partial charge < -0.3 is 15.2 Å². The number of halogens is 2. The zero-order valence-electron chi connectivity index (χ0n) is 11.9. The highest BCUT2D eigenvalue weighted by molar-refractivity contribution is 9.10. The highest BCUT2D eigenvalue weighted by atomic mass is 79.9. The fourth-order valence-electron chi connectivity index (χ4n) is 1.87. The molecule has 5 nitrogen and oxygen atoms in total. The van der Waals surface area contributed by atoms with Crippen molar-refractivity contribution in [3.8, 4) is 5.75 Å². The van der Waals surface area contributed by atoms with Crippen LogP contribution >= 0.6 is 15.9 Å². The SMILES string of the molecule is O=C(O)COc1ccccc1NC(=O)Cc1ccc(Br)cc1F. The number of aliphatic carboxylic acids is 1. The van der Waals surface area contributed by atoms with Crippen molar-refractivity contribution in [3.05, 3.63) is 58.3 Å². The minimum Gasteiger partial charge on any atom is -0.480 e. The Morgan fingerprint density at radius 2 is 1.96 bits per heavy atom. The van der Waals surface area contributed by atoms with Crippen molar-refractivity contribution in [2.45, 2.75) is 6.42 Å². The summed E-state index contributed by atoms with van der Waals surface area (Å²) in [7, 11) is 0. The minimum atomic E-state index is -1.12. The zero-order valence-corrected chi connectivity index (χ0v) is 13.5. The Hall–Kier alpha value is -2.41. The van der Waals surface area contributed by atoms with E-state index >= 15 is 0 Å². The Labute approximate surface area is 140 Å². The molecule has 0 saturated carbocycles. The molecular weight excluding hydrogens is 369 g/mol. The average Bonchev–Trinajstić information content (AvgIpc) is 2.49. The molecule has 0 fully saturated rings. The third-order valence-electron chi connectivity index (χ3n) is 2.88. The monoisotopic (exact) mass is 381 g/mol. The van der Waals surface area contributed by atoms with Crippen LogP contribution in [0.15, 0.2) is 46.9 Å². The average molecular weight is 382 g/mol. The van der Waals surface area contributed by atoms with E-state index in [2.05, 4.69) is 21.2 Å². The van der Waals surface area contributed by atoms with E-state index in [0.29, 0.717) is 10.2 Å². The molecule has 2 N–H and O–H groups in total. The van der Waals surface area contributed by atoms with Crippen LogP contribution in [0.2, 0.25) is 0 Å². The summed E-state index contributed by atoms with van der Waals surface area (Å²) in [6, 6.07) is 10.9. The normalized spacial score (nSPS) is 10.2. The second-order valence-electron chi connectivity index (χ2n) is 4.64. The third kappa shape index (κ3) is 5.07. The van der Waals surface area contributed by atoms with Gasteiger partial charge in [0.2, 0.25) is 5.91 Å². The summed E-state index contributed by atoms with van der Waals surface area (Å²) in [4.78, 5) is 22.6. The quantitative estimate of drug-likeness (QED) is 0.805. The zero-order chi connectivity index (χ0) is 16.8. The van der Waals surface area contributed by atoms with Crippen molar-refractivity contribution in [2.24, 2.45) is 0 Å². The first-order chi connectivity index (χ1) is 11.0. The van der Waals surface area contributed by atoms with Crippen LogP contribution in [0, 0.1) is 5.82 Å². The van der Waals surface area contributed by atoms with Crippen molar-refractivity contribution in [1.82, 2.24) is 0 Å². The number of carboxylic acid groups (broad SMARTS) is 1. The number of ether oxygens (including phenoxy) is 1. The van der Waals surface area contributed by atoms with Crippen LogP contribution in [0.5, 0.6) is 5.75 Å². The summed E-state index contributed by atoms with van der Waals surface area (Å²) in [5.74, 6) is -1.80. The molecule has 0 heterocycles. The van der Waals surface area contributed by atoms with E-state index in [4.69, 9.17) is 9.84 Å². The van der Waals surface area contributed by atoms with Gasteiger partial charge in [-0.3, -0.25) is 4.79 Å². The highest BCUT2D eigenvalue weighted by Crippen LogP contribution is 2.24. The topological polar surface area (TPSA) is 75.6 Å². The van der Waals surface area contributed by atoms with E-state index < -0.39 is 24.3 Å². The van der Waals surface area contributed by atoms with Crippen LogP contribution in [0.1, 0.15) is 5.56 Å². The molecule has 0 bridgehead atoms. The molecule has 120 valence electrons. The summed E-state index contributed by atoms with van der Waals surface area (Å²) < 4.78 is 19.4. The van der Waals surface area contributed by atoms with Gasteiger partial charge in [-0.1, -0.05) is 34.1 Å². The summed E-state index contributed by atoms with van der Waals surface area (Å²) >= 11 is 3.15. The van der Waals surface area contributed by atoms with Gasteiger partial charge in [-0.05, 0) is 29.8 Å². The second kappa shape index (κ2) is 7.73. The van der Waals surface area contributed by atoms with Gasteiger partial charge in [0, 0.05) is 4.47 Å². The fourth-order valence-corrected chi connectivity index (χ4v) is 2.20. The smallest absolute Gasteiger partial charge is 0.341 e. The number of hydrogen-bond donors (Lipinski definition) is 2. The van der Waals surface area contributed by atoms with Gasteiger partial charge in [-0.25, -0.2) is 9.18 Å². The molecule has 2 aromatic carbocycles. The lowest BCUT2D eigenvalue weighted by molar-refractivity contribution is -0.139. The first-order valence-corrected chi connectivity index (χ1v) is 7.42. The molecule has 0 aliphatic rings. The molecule has 0 aliphatic carbocycles. The predicted molar refractivity (Wildman–Crippen MR) is 86.0 cm³/mol. The van der Waals surface area contributed by atoms with Crippen molar-refractivity contribution in [1.29, 1.82) is 0 Å². The number of carboxylic acids is 1. The lowest BCUT2D eigenvalue weighted by Crippen LogP contribution is -2.17. The molecule has 2 aromatic rings. The van der Waals surface area contributed by atoms with Gasteiger partial charge in [0.1, 0.15) is 11.6 Å². The van der Waals surface area contributed by atoms with Crippen LogP contribution < -0.4 is 10.1 Å². The van der Waals surface area contributed by atoms with E-state index in [1.54, 1.807) is 30.3 Å². The molecular formula is C16H13BrFNO4. The third-order valence-corrected chi connectivity index (χ3v) is 3.37. The Balaban J connectivity index is 2.06. The highest BCUT2D eigenvalue weighted by Gasteiger charge is 2.12. The fraction of sp³-hybridized carbons (Fsp3) is 0.125. The number of rotatable bonds is 6. The Bertz CT molecular complexity index is 736. The molecule has 0 aromatic heterocycles. The number of para-hydroxylation sites is 2. The van der Waals surface area contributed by atoms with Gasteiger partial charge in [0.05, 0.1) is 12.1 Å². The predicted octanol–water partition coefficient (Wildman–Crippen LogP) is 3.23. The molecule has 23 heavy (non-hydrogen) atoms. The number of amides is 1. The van der Waals surface area contributed by atoms with E-state index in [0.717, 1.165) is 0 Å². The lowest BCUT2D eigenvalue weighted by atomic mass is 10.1. The van der Waals surface area contributed by atoms with Crippen molar-refractivity contribution < 1.29 is 23.8 Å². The largest absolute Gasteiger partial charge is 0.480 e. The summed E-state index contributed by atoms with van der Waals surface area (Å²) in [6.45, 7) is -0.520. The molecule has 0 unspecified atom stereocenters.